The maximum atomic E-state index is 11.9. The van der Waals surface area contributed by atoms with Crippen molar-refractivity contribution in [3.05, 3.63) is 0 Å². The molecule has 0 radical (unpaired) electrons. The molecule has 1 fully saturated rings. The van der Waals surface area contributed by atoms with Crippen molar-refractivity contribution in [2.75, 3.05) is 6.54 Å². The van der Waals surface area contributed by atoms with Gasteiger partial charge in [-0.25, -0.2) is 0 Å². The number of ether oxygens (including phenoxy) is 4. The van der Waals surface area contributed by atoms with Crippen molar-refractivity contribution in [3.8, 4) is 0 Å². The molecule has 4 atom stereocenters. The normalized spacial score (nSPS) is 25.6. The lowest BCUT2D eigenvalue weighted by molar-refractivity contribution is -0.234. The number of amides is 1. The summed E-state index contributed by atoms with van der Waals surface area (Å²) >= 11 is 0. The number of hydrogen-bond acceptors (Lipinski definition) is 9. The minimum atomic E-state index is -1.35. The molecule has 1 heterocycles. The van der Waals surface area contributed by atoms with Crippen LogP contribution in [0.25, 0.3) is 0 Å². The van der Waals surface area contributed by atoms with E-state index in [0.29, 0.717) is 0 Å². The highest BCUT2D eigenvalue weighted by Crippen LogP contribution is 2.27. The van der Waals surface area contributed by atoms with Gasteiger partial charge in [0.05, 0.1) is 6.54 Å². The zero-order valence-electron chi connectivity index (χ0n) is 14.6. The van der Waals surface area contributed by atoms with Gasteiger partial charge in [-0.1, -0.05) is 0 Å². The number of carbonyl (C=O) groups is 5. The molecular formula is C15H21NO9. The molecule has 0 N–H and O–H groups in total. The minimum Gasteiger partial charge on any atom is -0.457 e. The summed E-state index contributed by atoms with van der Waals surface area (Å²) in [5.74, 6) is -3.41. The van der Waals surface area contributed by atoms with E-state index in [9.17, 15) is 24.0 Å². The summed E-state index contributed by atoms with van der Waals surface area (Å²) in [6.45, 7) is 5.47. The summed E-state index contributed by atoms with van der Waals surface area (Å²) in [4.78, 5) is 58.6. The average Bonchev–Trinajstić information content (AvgIpc) is 2.42. The van der Waals surface area contributed by atoms with Crippen molar-refractivity contribution >= 4 is 29.8 Å². The Balaban J connectivity index is 3.33. The Bertz CT molecular complexity index is 573. The van der Waals surface area contributed by atoms with Crippen LogP contribution in [0.3, 0.4) is 0 Å². The van der Waals surface area contributed by atoms with Gasteiger partial charge in [0.25, 0.3) is 0 Å². The molecule has 1 aliphatic heterocycles. The van der Waals surface area contributed by atoms with Crippen molar-refractivity contribution in [1.29, 1.82) is 0 Å². The van der Waals surface area contributed by atoms with E-state index in [1.807, 2.05) is 0 Å². The van der Waals surface area contributed by atoms with E-state index in [1.165, 1.54) is 6.92 Å². The molecular weight excluding hydrogens is 338 g/mol. The largest absolute Gasteiger partial charge is 0.457 e. The molecule has 1 aliphatic rings. The highest BCUT2D eigenvalue weighted by molar-refractivity contribution is 5.75. The van der Waals surface area contributed by atoms with Gasteiger partial charge in [-0.15, -0.1) is 0 Å². The van der Waals surface area contributed by atoms with Crippen LogP contribution in [-0.4, -0.2) is 65.8 Å². The predicted molar refractivity (Wildman–Crippen MR) is 79.6 cm³/mol. The summed E-state index contributed by atoms with van der Waals surface area (Å²) in [5, 5.41) is 0. The molecule has 25 heavy (non-hydrogen) atoms. The van der Waals surface area contributed by atoms with Gasteiger partial charge < -0.3 is 23.8 Å². The highest BCUT2D eigenvalue weighted by atomic mass is 16.6. The van der Waals surface area contributed by atoms with Gasteiger partial charge in [0.1, 0.15) is 0 Å². The van der Waals surface area contributed by atoms with Crippen LogP contribution in [0.1, 0.15) is 34.6 Å². The van der Waals surface area contributed by atoms with Crippen LogP contribution in [-0.2, 0) is 42.9 Å². The molecule has 0 saturated carbocycles. The molecule has 0 aromatic heterocycles. The van der Waals surface area contributed by atoms with Crippen LogP contribution >= 0.6 is 0 Å². The standard InChI is InChI=1S/C15H21NO9/c1-7(17)16-6-12(22-8(2)18)13(23-9(3)19)14(24-10(4)20)15(16)25-11(5)21/h12-15H,6H2,1-5H3. The first-order valence-corrected chi connectivity index (χ1v) is 7.49. The Hall–Kier alpha value is -2.65. The maximum absolute atomic E-state index is 11.9. The molecule has 1 saturated heterocycles. The number of esters is 4. The molecule has 0 aromatic rings. The molecule has 4 unspecified atom stereocenters. The average molecular weight is 359 g/mol. The Morgan fingerprint density at radius 3 is 1.52 bits per heavy atom. The van der Waals surface area contributed by atoms with Crippen LogP contribution in [0.5, 0.6) is 0 Å². The zero-order valence-corrected chi connectivity index (χ0v) is 14.6. The summed E-state index contributed by atoms with van der Waals surface area (Å²) in [7, 11) is 0. The Kier molecular flexibility index (Phi) is 6.89. The number of rotatable bonds is 4. The Labute approximate surface area is 144 Å². The monoisotopic (exact) mass is 359 g/mol. The first-order valence-electron chi connectivity index (χ1n) is 7.49. The second kappa shape index (κ2) is 8.45. The molecule has 0 spiro atoms. The Morgan fingerprint density at radius 2 is 1.12 bits per heavy atom. The van der Waals surface area contributed by atoms with Gasteiger partial charge in [-0.05, 0) is 0 Å². The fourth-order valence-corrected chi connectivity index (χ4v) is 2.53. The van der Waals surface area contributed by atoms with Crippen molar-refractivity contribution in [2.24, 2.45) is 0 Å². The molecule has 0 bridgehead atoms. The lowest BCUT2D eigenvalue weighted by Crippen LogP contribution is -2.66. The summed E-state index contributed by atoms with van der Waals surface area (Å²) in [5.41, 5.74) is 0. The van der Waals surface area contributed by atoms with E-state index in [-0.39, 0.29) is 6.54 Å². The van der Waals surface area contributed by atoms with Crippen LogP contribution in [0.15, 0.2) is 0 Å². The number of piperidine rings is 1. The topological polar surface area (TPSA) is 126 Å². The van der Waals surface area contributed by atoms with E-state index in [0.717, 1.165) is 32.6 Å². The zero-order chi connectivity index (χ0) is 19.3. The van der Waals surface area contributed by atoms with E-state index in [2.05, 4.69) is 0 Å². The van der Waals surface area contributed by atoms with Crippen LogP contribution in [0.4, 0.5) is 0 Å². The van der Waals surface area contributed by atoms with Crippen molar-refractivity contribution in [3.63, 3.8) is 0 Å². The third-order valence-electron chi connectivity index (χ3n) is 3.27. The second-order valence-corrected chi connectivity index (χ2v) is 5.47. The van der Waals surface area contributed by atoms with Gasteiger partial charge in [-0.3, -0.25) is 24.0 Å². The lowest BCUT2D eigenvalue weighted by atomic mass is 9.98. The second-order valence-electron chi connectivity index (χ2n) is 5.47. The van der Waals surface area contributed by atoms with Gasteiger partial charge in [0.15, 0.2) is 18.3 Å². The molecule has 1 amide bonds. The number of nitrogens with zero attached hydrogens (tertiary/aromatic N) is 1. The number of likely N-dealkylation sites (tertiary alicyclic amines) is 1. The van der Waals surface area contributed by atoms with Crippen molar-refractivity contribution in [2.45, 2.75) is 59.2 Å². The SMILES string of the molecule is CC(=O)OC1CN(C(C)=O)C(OC(C)=O)C(OC(C)=O)C1OC(C)=O. The van der Waals surface area contributed by atoms with E-state index in [4.69, 9.17) is 18.9 Å². The predicted octanol–water partition coefficient (Wildman–Crippen LogP) is -0.467. The maximum Gasteiger partial charge on any atom is 0.304 e. The summed E-state index contributed by atoms with van der Waals surface area (Å²) in [6, 6.07) is 0. The highest BCUT2D eigenvalue weighted by Gasteiger charge is 2.52. The third-order valence-corrected chi connectivity index (χ3v) is 3.27. The number of carbonyl (C=O) groups excluding carboxylic acids is 5. The van der Waals surface area contributed by atoms with Gasteiger partial charge in [-0.2, -0.15) is 0 Å². The van der Waals surface area contributed by atoms with Crippen molar-refractivity contribution in [1.82, 2.24) is 4.90 Å². The van der Waals surface area contributed by atoms with E-state index < -0.39 is 54.3 Å². The van der Waals surface area contributed by atoms with Crippen molar-refractivity contribution < 1.29 is 42.9 Å². The first kappa shape index (κ1) is 20.4. The molecule has 10 nitrogen and oxygen atoms in total. The van der Waals surface area contributed by atoms with E-state index >= 15 is 0 Å². The molecule has 1 rings (SSSR count). The lowest BCUT2D eigenvalue weighted by Gasteiger charge is -2.45. The van der Waals surface area contributed by atoms with Crippen LogP contribution in [0.2, 0.25) is 0 Å². The third kappa shape index (κ3) is 5.73. The molecule has 0 aliphatic carbocycles. The van der Waals surface area contributed by atoms with Gasteiger partial charge >= 0.3 is 23.9 Å². The minimum absolute atomic E-state index is 0.206. The van der Waals surface area contributed by atoms with Gasteiger partial charge in [0.2, 0.25) is 12.1 Å². The smallest absolute Gasteiger partial charge is 0.304 e. The molecule has 10 heteroatoms. The van der Waals surface area contributed by atoms with Gasteiger partial charge in [0, 0.05) is 34.6 Å². The van der Waals surface area contributed by atoms with Crippen LogP contribution < -0.4 is 0 Å². The Morgan fingerprint density at radius 1 is 0.680 bits per heavy atom. The van der Waals surface area contributed by atoms with E-state index in [1.54, 1.807) is 0 Å². The first-order chi connectivity index (χ1) is 11.5. The summed E-state index contributed by atoms with van der Waals surface area (Å²) < 4.78 is 20.5. The number of hydrogen-bond donors (Lipinski definition) is 0. The quantitative estimate of drug-likeness (QED) is 0.484. The molecule has 0 aromatic carbocycles. The fraction of sp³-hybridized carbons (Fsp3) is 0.667. The van der Waals surface area contributed by atoms with Crippen LogP contribution in [0, 0.1) is 0 Å². The summed E-state index contributed by atoms with van der Waals surface area (Å²) in [6.07, 6.45) is -5.02. The fourth-order valence-electron chi connectivity index (χ4n) is 2.53. The molecule has 140 valence electrons.